The van der Waals surface area contributed by atoms with Crippen LogP contribution >= 0.6 is 0 Å². The predicted octanol–water partition coefficient (Wildman–Crippen LogP) is 16.5. The molecule has 0 N–H and O–H groups in total. The van der Waals surface area contributed by atoms with Crippen molar-refractivity contribution in [1.82, 2.24) is 0 Å². The molecule has 0 aromatic heterocycles. The summed E-state index contributed by atoms with van der Waals surface area (Å²) in [6.45, 7) is 0. The van der Waals surface area contributed by atoms with Gasteiger partial charge >= 0.3 is 0 Å². The SMILES string of the molecule is c1ccc(-c2ccc3c(c2)-c2ccc4c5ccc6c7cc8cc9c%10ccc(-c%11ccccc%11)cc%10c%10cccc(c8cc7c7ccc(c8ccc-3c2c48)c5c67)c%109)cc1. The first-order valence-electron chi connectivity index (χ1n) is 20.4. The average Bonchev–Trinajstić information content (AvgIpc) is 3.91. The number of benzene rings is 12. The molecule has 1 aliphatic carbocycles. The van der Waals surface area contributed by atoms with Gasteiger partial charge in [-0.05, 0) is 183 Å². The summed E-state index contributed by atoms with van der Waals surface area (Å²) in [7, 11) is 0. The van der Waals surface area contributed by atoms with Gasteiger partial charge in [-0.25, -0.2) is 0 Å². The third-order valence-corrected chi connectivity index (χ3v) is 14.0. The molecular weight excluding hydrogens is 697 g/mol. The highest BCUT2D eigenvalue weighted by atomic mass is 14.3. The van der Waals surface area contributed by atoms with Crippen molar-refractivity contribution in [3.63, 3.8) is 0 Å². The molecule has 0 fully saturated rings. The van der Waals surface area contributed by atoms with Crippen molar-refractivity contribution in [1.29, 1.82) is 0 Å². The zero-order valence-corrected chi connectivity index (χ0v) is 31.3. The van der Waals surface area contributed by atoms with Gasteiger partial charge in [-0.2, -0.15) is 0 Å². The minimum atomic E-state index is 1.26. The Morgan fingerprint density at radius 1 is 0.172 bits per heavy atom. The van der Waals surface area contributed by atoms with Gasteiger partial charge in [-0.1, -0.05) is 152 Å². The van der Waals surface area contributed by atoms with Crippen LogP contribution in [-0.4, -0.2) is 0 Å². The van der Waals surface area contributed by atoms with Crippen LogP contribution in [0.5, 0.6) is 0 Å². The third kappa shape index (κ3) is 3.51. The van der Waals surface area contributed by atoms with Crippen molar-refractivity contribution >= 4 is 108 Å². The molecule has 0 saturated heterocycles. The van der Waals surface area contributed by atoms with Crippen molar-refractivity contribution in [2.75, 3.05) is 0 Å². The van der Waals surface area contributed by atoms with E-state index in [9.17, 15) is 0 Å². The fourth-order valence-corrected chi connectivity index (χ4v) is 11.6. The van der Waals surface area contributed by atoms with Gasteiger partial charge in [0.05, 0.1) is 0 Å². The van der Waals surface area contributed by atoms with Crippen LogP contribution in [-0.2, 0) is 0 Å². The van der Waals surface area contributed by atoms with E-state index in [0.717, 1.165) is 0 Å². The van der Waals surface area contributed by atoms with Crippen LogP contribution in [0.3, 0.4) is 0 Å². The lowest BCUT2D eigenvalue weighted by molar-refractivity contribution is 1.62. The fourth-order valence-electron chi connectivity index (χ4n) is 11.6. The van der Waals surface area contributed by atoms with E-state index >= 15 is 0 Å². The Bertz CT molecular complexity index is 4080. The minimum absolute atomic E-state index is 1.26. The standard InChI is InChI=1S/C58H30/c1-3-8-31(9-4-1)33-14-16-36-40-18-19-41-44-22-25-47-52-30-48-35(28-51(52)46-24-21-43(57(44)58(46)47)42-20-23-45(49(36)26-33)55(40)56(41)42)29-53-37-17-15-34(32-10-5-2-6-11-32)27-50(37)39-13-7-12-38(48)54(39)53/h1-30H. The van der Waals surface area contributed by atoms with E-state index in [4.69, 9.17) is 0 Å². The second kappa shape index (κ2) is 10.2. The molecule has 14 aromatic carbocycles. The van der Waals surface area contributed by atoms with E-state index in [-0.39, 0.29) is 0 Å². The van der Waals surface area contributed by atoms with Crippen LogP contribution < -0.4 is 0 Å². The molecule has 15 rings (SSSR count). The van der Waals surface area contributed by atoms with E-state index in [1.165, 1.54) is 152 Å². The lowest BCUT2D eigenvalue weighted by Crippen LogP contribution is -1.87. The van der Waals surface area contributed by atoms with Crippen molar-refractivity contribution < 1.29 is 0 Å². The summed E-state index contributed by atoms with van der Waals surface area (Å²) in [5.74, 6) is 0. The molecule has 0 nitrogen and oxygen atoms in total. The van der Waals surface area contributed by atoms with Gasteiger partial charge in [0, 0.05) is 0 Å². The van der Waals surface area contributed by atoms with Crippen molar-refractivity contribution in [3.8, 4) is 44.5 Å². The Morgan fingerprint density at radius 3 is 1.29 bits per heavy atom. The summed E-state index contributed by atoms with van der Waals surface area (Å²) >= 11 is 0. The topological polar surface area (TPSA) is 0 Å². The molecule has 0 unspecified atom stereocenters. The molecule has 0 saturated carbocycles. The van der Waals surface area contributed by atoms with E-state index in [2.05, 4.69) is 182 Å². The summed E-state index contributed by atoms with van der Waals surface area (Å²) in [6.07, 6.45) is 0. The van der Waals surface area contributed by atoms with Gasteiger partial charge in [0.1, 0.15) is 0 Å². The fraction of sp³-hybridized carbons (Fsp3) is 0. The van der Waals surface area contributed by atoms with Crippen LogP contribution in [0.4, 0.5) is 0 Å². The van der Waals surface area contributed by atoms with Crippen LogP contribution in [0.25, 0.3) is 152 Å². The molecular formula is C58H30. The Labute approximate surface area is 332 Å². The highest BCUT2D eigenvalue weighted by Gasteiger charge is 2.27. The van der Waals surface area contributed by atoms with Gasteiger partial charge in [-0.15, -0.1) is 0 Å². The second-order valence-electron chi connectivity index (χ2n) is 16.7. The predicted molar refractivity (Wildman–Crippen MR) is 250 cm³/mol. The first-order valence-corrected chi connectivity index (χ1v) is 20.4. The number of hydrogen-bond acceptors (Lipinski definition) is 0. The molecule has 0 radical (unpaired) electrons. The molecule has 0 heteroatoms. The Hall–Kier alpha value is -7.54. The van der Waals surface area contributed by atoms with Crippen LogP contribution in [0.2, 0.25) is 0 Å². The van der Waals surface area contributed by atoms with Gasteiger partial charge in [-0.3, -0.25) is 0 Å². The summed E-state index contributed by atoms with van der Waals surface area (Å²) in [4.78, 5) is 0. The van der Waals surface area contributed by atoms with Gasteiger partial charge in [0.2, 0.25) is 0 Å². The third-order valence-electron chi connectivity index (χ3n) is 14.0. The summed E-state index contributed by atoms with van der Waals surface area (Å²) in [6, 6.07) is 69.2. The van der Waals surface area contributed by atoms with Crippen LogP contribution in [0.1, 0.15) is 0 Å². The smallest absolute Gasteiger partial charge is 0.00139 e. The lowest BCUT2D eigenvalue weighted by atomic mass is 9.87. The van der Waals surface area contributed by atoms with Crippen molar-refractivity contribution in [2.24, 2.45) is 0 Å². The molecule has 0 atom stereocenters. The maximum atomic E-state index is 2.50. The maximum Gasteiger partial charge on any atom is -0.00139 e. The molecule has 0 amide bonds. The first-order chi connectivity index (χ1) is 28.8. The quantitative estimate of drug-likeness (QED) is 0.123. The second-order valence-corrected chi connectivity index (χ2v) is 16.7. The Morgan fingerprint density at radius 2 is 0.621 bits per heavy atom. The Kier molecular flexibility index (Phi) is 5.25. The molecule has 58 heavy (non-hydrogen) atoms. The van der Waals surface area contributed by atoms with E-state index < -0.39 is 0 Å². The molecule has 14 aromatic rings. The maximum absolute atomic E-state index is 2.50. The lowest BCUT2D eigenvalue weighted by Gasteiger charge is -2.16. The number of fused-ring (bicyclic) bond motifs is 13. The van der Waals surface area contributed by atoms with Crippen molar-refractivity contribution in [2.45, 2.75) is 0 Å². The highest BCUT2D eigenvalue weighted by Crippen LogP contribution is 2.55. The zero-order chi connectivity index (χ0) is 37.4. The first kappa shape index (κ1) is 29.7. The summed E-state index contributed by atoms with van der Waals surface area (Å²) in [5.41, 5.74) is 10.4. The highest BCUT2D eigenvalue weighted by molar-refractivity contribution is 6.44. The van der Waals surface area contributed by atoms with Gasteiger partial charge in [0.15, 0.2) is 0 Å². The van der Waals surface area contributed by atoms with Gasteiger partial charge < -0.3 is 0 Å². The van der Waals surface area contributed by atoms with Crippen LogP contribution in [0.15, 0.2) is 182 Å². The molecule has 0 heterocycles. The van der Waals surface area contributed by atoms with E-state index in [1.807, 2.05) is 0 Å². The number of rotatable bonds is 2. The molecule has 0 spiro atoms. The largest absolute Gasteiger partial charge is 0.0622 e. The van der Waals surface area contributed by atoms with Crippen LogP contribution in [0, 0.1) is 0 Å². The monoisotopic (exact) mass is 726 g/mol. The number of hydrogen-bond donors (Lipinski definition) is 0. The van der Waals surface area contributed by atoms with E-state index in [0.29, 0.717) is 0 Å². The summed E-state index contributed by atoms with van der Waals surface area (Å²) < 4.78 is 0. The molecule has 1 aliphatic rings. The minimum Gasteiger partial charge on any atom is -0.0622 e. The molecule has 0 aliphatic heterocycles. The molecule has 0 bridgehead atoms. The molecule has 262 valence electrons. The average molecular weight is 727 g/mol. The summed E-state index contributed by atoms with van der Waals surface area (Å²) in [5, 5.41) is 27.1. The normalized spacial score (nSPS) is 12.8. The Balaban J connectivity index is 0.986. The van der Waals surface area contributed by atoms with Gasteiger partial charge in [0.25, 0.3) is 0 Å². The van der Waals surface area contributed by atoms with E-state index in [1.54, 1.807) is 0 Å². The van der Waals surface area contributed by atoms with Crippen molar-refractivity contribution in [3.05, 3.63) is 182 Å². The zero-order valence-electron chi connectivity index (χ0n) is 31.3.